The molecule has 0 saturated heterocycles. The lowest BCUT2D eigenvalue weighted by molar-refractivity contribution is -0.145. The highest BCUT2D eigenvalue weighted by Crippen LogP contribution is 2.14. The number of carboxylic acids is 1. The first-order chi connectivity index (χ1) is 26.2. The number of carbonyl (C=O) groups is 6. The summed E-state index contributed by atoms with van der Waals surface area (Å²) in [5, 5.41) is 57.2. The van der Waals surface area contributed by atoms with Crippen molar-refractivity contribution >= 4 is 72.0 Å². The number of nitrogens with one attached hydrogen (secondary N) is 11. The zero-order chi connectivity index (χ0) is 43.0. The summed E-state index contributed by atoms with van der Waals surface area (Å²) >= 11 is 3.98. The van der Waals surface area contributed by atoms with Crippen LogP contribution in [0.2, 0.25) is 0 Å². The molecule has 0 bridgehead atoms. The van der Waals surface area contributed by atoms with Gasteiger partial charge in [0, 0.05) is 53.0 Å². The number of guanidine groups is 4. The van der Waals surface area contributed by atoms with Crippen LogP contribution in [0.3, 0.4) is 0 Å². The van der Waals surface area contributed by atoms with Crippen LogP contribution < -0.4 is 60.2 Å². The number of hydrogen-bond acceptors (Lipinski definition) is 11. The predicted octanol–water partition coefficient (Wildman–Crippen LogP) is -4.82. The van der Waals surface area contributed by atoms with E-state index < -0.39 is 65.7 Å². The minimum atomic E-state index is -1.38. The number of nitrogens with two attached hydrogens (primary N) is 4. The summed E-state index contributed by atoms with van der Waals surface area (Å²) in [7, 11) is 2.76. The largest absolute Gasteiger partial charge is 0.480 e. The van der Waals surface area contributed by atoms with Crippen molar-refractivity contribution in [2.75, 3.05) is 46.0 Å². The van der Waals surface area contributed by atoms with Gasteiger partial charge < -0.3 is 75.1 Å². The molecule has 0 aromatic heterocycles. The molecule has 0 aliphatic rings. The number of nitrogens with zero attached hydrogens (tertiary/aromatic N) is 2. The average molecular weight is 816 g/mol. The van der Waals surface area contributed by atoms with Crippen LogP contribution in [0.1, 0.15) is 58.3 Å². The highest BCUT2D eigenvalue weighted by atomic mass is 32.1. The van der Waals surface area contributed by atoms with E-state index in [0.717, 1.165) is 4.90 Å². The SMILES string of the molecule is CC(=O)N(C)[C@@H](CCCNC(=N)N)C(=O)N[C@H](CCCNC(=N)N)C(=O)N(C)[C@@H](CCCNC(=N)N)C(=O)N[C@H](CCCNC(=N)N)C(=O)N[C@H](CS)C(=O)O. The Bertz CT molecular complexity index is 1390. The topological polar surface area (TPSA) is 413 Å². The first kappa shape index (κ1) is 50.2. The number of carbonyl (C=O) groups excluding carboxylic acids is 5. The van der Waals surface area contributed by atoms with Gasteiger partial charge in [-0.2, -0.15) is 12.6 Å². The molecule has 56 heavy (non-hydrogen) atoms. The maximum absolute atomic E-state index is 14.3. The highest BCUT2D eigenvalue weighted by molar-refractivity contribution is 7.80. The minimum absolute atomic E-state index is 0.00626. The van der Waals surface area contributed by atoms with Crippen LogP contribution >= 0.6 is 12.6 Å². The molecule has 20 N–H and O–H groups in total. The highest BCUT2D eigenvalue weighted by Gasteiger charge is 2.36. The number of hydrogen-bond donors (Lipinski definition) is 17. The Morgan fingerprint density at radius 3 is 1.27 bits per heavy atom. The van der Waals surface area contributed by atoms with Gasteiger partial charge in [0.2, 0.25) is 29.5 Å². The zero-order valence-corrected chi connectivity index (χ0v) is 33.0. The molecule has 0 spiro atoms. The van der Waals surface area contributed by atoms with E-state index in [4.69, 9.17) is 44.6 Å². The first-order valence-electron chi connectivity index (χ1n) is 17.8. The van der Waals surface area contributed by atoms with E-state index in [2.05, 4.69) is 49.8 Å². The lowest BCUT2D eigenvalue weighted by atomic mass is 10.0. The van der Waals surface area contributed by atoms with E-state index in [0.29, 0.717) is 6.42 Å². The summed E-state index contributed by atoms with van der Waals surface area (Å²) in [4.78, 5) is 81.6. The molecule has 318 valence electrons. The molecular formula is C31H61N17O7S. The molecule has 0 radical (unpaired) electrons. The monoisotopic (exact) mass is 815 g/mol. The van der Waals surface area contributed by atoms with Gasteiger partial charge in [-0.05, 0) is 51.4 Å². The average Bonchev–Trinajstić information content (AvgIpc) is 3.11. The third kappa shape index (κ3) is 20.6. The van der Waals surface area contributed by atoms with Crippen molar-refractivity contribution in [1.82, 2.24) is 47.0 Å². The number of aliphatic carboxylic acids is 1. The summed E-state index contributed by atoms with van der Waals surface area (Å²) in [6.45, 7) is 1.95. The normalized spacial score (nSPS) is 13.2. The molecule has 0 unspecified atom stereocenters. The van der Waals surface area contributed by atoms with E-state index >= 15 is 0 Å². The molecule has 0 fully saturated rings. The van der Waals surface area contributed by atoms with Crippen LogP contribution in [0.25, 0.3) is 0 Å². The molecule has 5 amide bonds. The Balaban J connectivity index is 6.65. The van der Waals surface area contributed by atoms with Crippen LogP contribution in [-0.2, 0) is 28.8 Å². The molecule has 24 nitrogen and oxygen atoms in total. The molecule has 5 atom stereocenters. The second-order valence-electron chi connectivity index (χ2n) is 12.7. The molecule has 0 aliphatic heterocycles. The number of rotatable bonds is 27. The van der Waals surface area contributed by atoms with Gasteiger partial charge in [-0.25, -0.2) is 4.79 Å². The standard InChI is InChI=1S/C31H61N17O7S/c1-17(49)47(2)21(10-6-14-42-30(36)37)24(51)45-19(9-5-13-41-29(34)35)26(53)48(3)22(11-7-15-43-31(38)39)25(52)44-18(8-4-12-40-28(32)33)23(50)46-20(16-56)27(54)55/h18-22,56H,4-16H2,1-3H3,(H,44,52)(H,45,51)(H,46,50)(H,54,55)(H4,32,33,40)(H4,34,35,41)(H4,36,37,42)(H4,38,39,43)/t18-,19-,20-,21+,22+/m1/s1. The van der Waals surface area contributed by atoms with Crippen LogP contribution in [0.4, 0.5) is 0 Å². The second kappa shape index (κ2) is 26.9. The maximum atomic E-state index is 14.3. The zero-order valence-electron chi connectivity index (χ0n) is 32.1. The van der Waals surface area contributed by atoms with Crippen molar-refractivity contribution in [3.63, 3.8) is 0 Å². The summed E-state index contributed by atoms with van der Waals surface area (Å²) in [5.74, 6) is -6.27. The predicted molar refractivity (Wildman–Crippen MR) is 213 cm³/mol. The van der Waals surface area contributed by atoms with Gasteiger partial charge in [-0.1, -0.05) is 0 Å². The Morgan fingerprint density at radius 1 is 0.571 bits per heavy atom. The van der Waals surface area contributed by atoms with Gasteiger partial charge >= 0.3 is 5.97 Å². The smallest absolute Gasteiger partial charge is 0.327 e. The number of thiol groups is 1. The molecule has 0 rings (SSSR count). The fourth-order valence-electron chi connectivity index (χ4n) is 5.24. The quantitative estimate of drug-likeness (QED) is 0.0160. The lowest BCUT2D eigenvalue weighted by Gasteiger charge is -2.33. The van der Waals surface area contributed by atoms with Crippen molar-refractivity contribution in [3.05, 3.63) is 0 Å². The van der Waals surface area contributed by atoms with Crippen LogP contribution in [-0.4, -0.2) is 150 Å². The van der Waals surface area contributed by atoms with Crippen molar-refractivity contribution < 1.29 is 33.9 Å². The summed E-state index contributed by atoms with van der Waals surface area (Å²) in [5.41, 5.74) is 21.5. The fourth-order valence-corrected chi connectivity index (χ4v) is 5.48. The maximum Gasteiger partial charge on any atom is 0.327 e. The third-order valence-electron chi connectivity index (χ3n) is 8.34. The molecule has 0 heterocycles. The van der Waals surface area contributed by atoms with E-state index in [1.807, 2.05) is 0 Å². The lowest BCUT2D eigenvalue weighted by Crippen LogP contribution is -2.59. The van der Waals surface area contributed by atoms with Crippen LogP contribution in [0, 0.1) is 21.6 Å². The first-order valence-corrected chi connectivity index (χ1v) is 18.4. The Labute approximate surface area is 331 Å². The second-order valence-corrected chi connectivity index (χ2v) is 13.1. The van der Waals surface area contributed by atoms with E-state index in [1.165, 1.54) is 25.9 Å². The fraction of sp³-hybridized carbons (Fsp3) is 0.677. The van der Waals surface area contributed by atoms with Gasteiger partial charge in [0.15, 0.2) is 23.8 Å². The van der Waals surface area contributed by atoms with E-state index in [9.17, 15) is 33.9 Å². The van der Waals surface area contributed by atoms with Gasteiger partial charge in [0.05, 0.1) is 0 Å². The van der Waals surface area contributed by atoms with Crippen LogP contribution in [0.5, 0.6) is 0 Å². The molecule has 0 aliphatic carbocycles. The Morgan fingerprint density at radius 2 is 0.911 bits per heavy atom. The molecule has 0 saturated carbocycles. The summed E-state index contributed by atoms with van der Waals surface area (Å²) in [6, 6.07) is -6.24. The molecule has 0 aromatic rings. The molecule has 25 heteroatoms. The van der Waals surface area contributed by atoms with Crippen LogP contribution in [0.15, 0.2) is 0 Å². The van der Waals surface area contributed by atoms with Crippen molar-refractivity contribution in [2.24, 2.45) is 22.9 Å². The number of carboxylic acid groups (broad SMARTS) is 1. The summed E-state index contributed by atoms with van der Waals surface area (Å²) < 4.78 is 0. The Kier molecular flexibility index (Phi) is 24.2. The van der Waals surface area contributed by atoms with Crippen molar-refractivity contribution in [1.29, 1.82) is 21.6 Å². The third-order valence-corrected chi connectivity index (χ3v) is 8.70. The molecular weight excluding hydrogens is 755 g/mol. The van der Waals surface area contributed by atoms with Crippen molar-refractivity contribution in [3.8, 4) is 0 Å². The van der Waals surface area contributed by atoms with E-state index in [-0.39, 0.29) is 101 Å². The number of amides is 5. The van der Waals surface area contributed by atoms with Gasteiger partial charge in [0.25, 0.3) is 0 Å². The van der Waals surface area contributed by atoms with Gasteiger partial charge in [0.1, 0.15) is 30.2 Å². The Hall–Kier alpha value is -5.75. The van der Waals surface area contributed by atoms with E-state index in [1.54, 1.807) is 0 Å². The molecule has 0 aromatic carbocycles. The van der Waals surface area contributed by atoms with Gasteiger partial charge in [-0.3, -0.25) is 45.6 Å². The number of likely N-dealkylation sites (N-methyl/N-ethyl adjacent to an activating group) is 2. The minimum Gasteiger partial charge on any atom is -0.480 e. The van der Waals surface area contributed by atoms with Crippen molar-refractivity contribution in [2.45, 2.75) is 88.5 Å². The summed E-state index contributed by atoms with van der Waals surface area (Å²) in [6.07, 6.45) is 1.07. The van der Waals surface area contributed by atoms with Gasteiger partial charge in [-0.15, -0.1) is 0 Å².